The summed E-state index contributed by atoms with van der Waals surface area (Å²) in [7, 11) is 0. The second-order valence-electron chi connectivity index (χ2n) is 38.1. The van der Waals surface area contributed by atoms with Crippen LogP contribution >= 0.6 is 0 Å². The molecule has 24 aromatic rings. The molecule has 0 atom stereocenters. The lowest BCUT2D eigenvalue weighted by atomic mass is 9.87. The Hall–Kier alpha value is -18.7. The Labute approximate surface area is 887 Å². The van der Waals surface area contributed by atoms with Gasteiger partial charge in [0.1, 0.15) is 0 Å². The summed E-state index contributed by atoms with van der Waals surface area (Å²) < 4.78 is 0. The van der Waals surface area contributed by atoms with E-state index < -0.39 is 0 Å². The fraction of sp³-hybridized carbons (Fsp3) is 0.0400. The highest BCUT2D eigenvalue weighted by Crippen LogP contribution is 2.45. The van der Waals surface area contributed by atoms with Gasteiger partial charge in [-0.3, -0.25) is 0 Å². The average Bonchev–Trinajstić information content (AvgIpc) is 0.788. The van der Waals surface area contributed by atoms with E-state index in [-0.39, 0.29) is 0 Å². The van der Waals surface area contributed by atoms with Gasteiger partial charge in [-0.25, -0.2) is 0 Å². The molecule has 0 unspecified atom stereocenters. The van der Waals surface area contributed by atoms with E-state index >= 15 is 0 Å². The second kappa shape index (κ2) is 49.7. The van der Waals surface area contributed by atoms with E-state index in [9.17, 15) is 0 Å². The van der Waals surface area contributed by atoms with Gasteiger partial charge in [-0.1, -0.05) is 575 Å². The second-order valence-corrected chi connectivity index (χ2v) is 38.1. The van der Waals surface area contributed by atoms with Crippen LogP contribution in [0.1, 0.15) is 33.4 Å². The summed E-state index contributed by atoms with van der Waals surface area (Å²) in [5.74, 6) is 0. The van der Waals surface area contributed by atoms with Crippen molar-refractivity contribution < 1.29 is 0 Å². The van der Waals surface area contributed by atoms with E-state index in [1.54, 1.807) is 0 Å². The summed E-state index contributed by atoms with van der Waals surface area (Å²) in [5.41, 5.74) is 53.1. The Morgan fingerprint density at radius 1 is 0.0800 bits per heavy atom. The quantitative estimate of drug-likeness (QED) is 0.0803. The first-order chi connectivity index (χ1) is 73.9. The largest absolute Gasteiger partial charge is 0.0622 e. The minimum absolute atomic E-state index is 1.24. The molecule has 0 aromatic heterocycles. The third-order valence-electron chi connectivity index (χ3n) is 27.5. The van der Waals surface area contributed by atoms with E-state index in [0.29, 0.717) is 0 Å². The Kier molecular flexibility index (Phi) is 33.1. The molecule has 0 heterocycles. The number of aryl methyl sites for hydroxylation is 6. The first kappa shape index (κ1) is 100.0. The maximum absolute atomic E-state index is 2.30. The van der Waals surface area contributed by atoms with Crippen LogP contribution in [-0.2, 0) is 0 Å². The molecule has 0 saturated carbocycles. The summed E-state index contributed by atoms with van der Waals surface area (Å²) in [5, 5.41) is 0. The van der Waals surface area contributed by atoms with Crippen LogP contribution in [0.25, 0.3) is 200 Å². The molecule has 0 aliphatic rings. The SMILES string of the molecule is Cc1ccc(-c2cc(-c3ccccc3)cc(-c3ccccc3)c2)cc1.Cc1ccc(-c2ccccc2-c2ccccc2)c(-c2ccccc2)c1.Cc1cccc(-c2cc(-c3ccccc3)cc(-c3ccccc3)c2)c1.Cc1cccc(-c2ccccc2-c2ccccc2)c1-c1ccccc1.Cc1ccccc1-c1cc(-c2ccccc2)cc(-c2ccccc2)c1.Cc1ccccc1-c1cccc(-c2ccccc2-c2ccccc2)c1. The normalized spacial score (nSPS) is 10.6. The predicted molar refractivity (Wildman–Crippen MR) is 645 cm³/mol. The zero-order valence-electron chi connectivity index (χ0n) is 85.9. The zero-order valence-corrected chi connectivity index (χ0v) is 85.9. The third kappa shape index (κ3) is 25.4. The van der Waals surface area contributed by atoms with Crippen LogP contribution in [-0.4, -0.2) is 0 Å². The molecule has 0 spiro atoms. The number of hydrogen-bond acceptors (Lipinski definition) is 0. The van der Waals surface area contributed by atoms with Crippen LogP contribution < -0.4 is 0 Å². The first-order valence-electron chi connectivity index (χ1n) is 51.8. The van der Waals surface area contributed by atoms with Crippen LogP contribution in [0, 0.1) is 41.5 Å². The highest BCUT2D eigenvalue weighted by Gasteiger charge is 2.19. The standard InChI is InChI=1S/6C25H20/c1-19-11-10-18-24(25(19)21-14-6-3-7-15-21)23-17-9-8-16-22(23)20-12-4-2-5-13-20;1-19-10-8-9-15-25(19)24-17-22(20-11-4-2-5-12-20)16-23(18-24)21-13-6-3-7-14-21;1-19-9-8-14-22(15-19)25-17-23(20-10-4-2-5-11-20)16-24(18-25)21-12-6-3-7-13-21;1-19-16-17-24(25(18-19)21-12-6-3-7-13-21)23-15-9-8-14-22(23)20-10-4-2-5-11-20;1-19-12-14-22(15-13-19)25-17-23(20-8-4-2-5-9-20)16-24(18-25)21-10-6-3-7-11-21;1-19-10-5-6-15-23(19)21-13-9-14-22(18-21)25-17-8-7-16-24(25)20-11-3-2-4-12-20/h6*2-18H,1H3. The molecular weight excluding hydrogens is 1800 g/mol. The van der Waals surface area contributed by atoms with Gasteiger partial charge in [-0.15, -0.1) is 0 Å². The van der Waals surface area contributed by atoms with E-state index in [1.165, 1.54) is 234 Å². The van der Waals surface area contributed by atoms with Crippen molar-refractivity contribution >= 4 is 0 Å². The van der Waals surface area contributed by atoms with Gasteiger partial charge in [-0.05, 0) is 319 Å². The summed E-state index contributed by atoms with van der Waals surface area (Å²) in [6, 6.07) is 220. The molecule has 0 radical (unpaired) electrons. The van der Waals surface area contributed by atoms with Crippen LogP contribution in [0.5, 0.6) is 0 Å². The molecule has 0 aliphatic heterocycles. The van der Waals surface area contributed by atoms with Gasteiger partial charge >= 0.3 is 0 Å². The molecular formula is C150H120. The van der Waals surface area contributed by atoms with Gasteiger partial charge in [0, 0.05) is 0 Å². The summed E-state index contributed by atoms with van der Waals surface area (Å²) >= 11 is 0. The van der Waals surface area contributed by atoms with Gasteiger partial charge in [0.25, 0.3) is 0 Å². The molecule has 0 bridgehead atoms. The molecule has 0 fully saturated rings. The van der Waals surface area contributed by atoms with Crippen LogP contribution in [0.3, 0.4) is 0 Å². The highest BCUT2D eigenvalue weighted by atomic mass is 14.2. The maximum atomic E-state index is 2.30. The Morgan fingerprint density at radius 2 is 0.280 bits per heavy atom. The van der Waals surface area contributed by atoms with Crippen molar-refractivity contribution in [1.82, 2.24) is 0 Å². The van der Waals surface area contributed by atoms with Crippen molar-refractivity contribution in [3.63, 3.8) is 0 Å². The Balaban J connectivity index is 0.000000113. The van der Waals surface area contributed by atoms with E-state index in [1.807, 2.05) is 0 Å². The van der Waals surface area contributed by atoms with Crippen LogP contribution in [0.15, 0.2) is 619 Å². The summed E-state index contributed by atoms with van der Waals surface area (Å²) in [6.45, 7) is 12.9. The van der Waals surface area contributed by atoms with E-state index in [4.69, 9.17) is 0 Å². The highest BCUT2D eigenvalue weighted by molar-refractivity contribution is 5.96. The minimum Gasteiger partial charge on any atom is -0.0622 e. The van der Waals surface area contributed by atoms with Crippen molar-refractivity contribution in [2.45, 2.75) is 41.5 Å². The first-order valence-corrected chi connectivity index (χ1v) is 51.8. The van der Waals surface area contributed by atoms with Crippen molar-refractivity contribution in [3.8, 4) is 200 Å². The minimum atomic E-state index is 1.24. The summed E-state index contributed by atoms with van der Waals surface area (Å²) in [4.78, 5) is 0. The monoisotopic (exact) mass is 1920 g/mol. The smallest absolute Gasteiger partial charge is 0.00759 e. The lowest BCUT2D eigenvalue weighted by Gasteiger charge is -2.16. The van der Waals surface area contributed by atoms with Crippen LogP contribution in [0.2, 0.25) is 0 Å². The fourth-order valence-corrected chi connectivity index (χ4v) is 19.8. The van der Waals surface area contributed by atoms with Gasteiger partial charge in [0.05, 0.1) is 0 Å². The molecule has 0 saturated heterocycles. The molecule has 0 N–H and O–H groups in total. The number of rotatable bonds is 18. The maximum Gasteiger partial charge on any atom is -0.00759 e. The lowest BCUT2D eigenvalue weighted by Crippen LogP contribution is -1.91. The average molecular weight is 1920 g/mol. The third-order valence-corrected chi connectivity index (χ3v) is 27.5. The van der Waals surface area contributed by atoms with Gasteiger partial charge in [0.15, 0.2) is 0 Å². The molecule has 24 aromatic carbocycles. The fourth-order valence-electron chi connectivity index (χ4n) is 19.8. The Morgan fingerprint density at radius 3 is 0.633 bits per heavy atom. The molecule has 720 valence electrons. The van der Waals surface area contributed by atoms with Gasteiger partial charge in [0.2, 0.25) is 0 Å². The molecule has 0 heteroatoms. The lowest BCUT2D eigenvalue weighted by molar-refractivity contribution is 1.45. The van der Waals surface area contributed by atoms with E-state index in [2.05, 4.69) is 660 Å². The van der Waals surface area contributed by atoms with Crippen molar-refractivity contribution in [1.29, 1.82) is 0 Å². The molecule has 24 rings (SSSR count). The number of benzene rings is 24. The molecule has 150 heavy (non-hydrogen) atoms. The Bertz CT molecular complexity index is 8320. The number of hydrogen-bond donors (Lipinski definition) is 0. The molecule has 0 nitrogen and oxygen atoms in total. The predicted octanol–water partition coefficient (Wildman–Crippen LogP) is 42.0. The van der Waals surface area contributed by atoms with Gasteiger partial charge in [-0.2, -0.15) is 0 Å². The van der Waals surface area contributed by atoms with Crippen molar-refractivity contribution in [2.24, 2.45) is 0 Å². The molecule has 0 amide bonds. The zero-order chi connectivity index (χ0) is 102. The topological polar surface area (TPSA) is 0 Å². The molecule has 0 aliphatic carbocycles. The van der Waals surface area contributed by atoms with Crippen molar-refractivity contribution in [3.05, 3.63) is 652 Å². The van der Waals surface area contributed by atoms with E-state index in [0.717, 1.165) is 0 Å². The van der Waals surface area contributed by atoms with Crippen LogP contribution in [0.4, 0.5) is 0 Å². The summed E-state index contributed by atoms with van der Waals surface area (Å²) in [6.07, 6.45) is 0. The van der Waals surface area contributed by atoms with Gasteiger partial charge < -0.3 is 0 Å². The van der Waals surface area contributed by atoms with Crippen molar-refractivity contribution in [2.75, 3.05) is 0 Å².